The first-order valence-corrected chi connectivity index (χ1v) is 8.06. The normalized spacial score (nSPS) is 10.7. The van der Waals surface area contributed by atoms with Crippen molar-refractivity contribution in [3.05, 3.63) is 90.2 Å². The molecule has 5 heteroatoms. The lowest BCUT2D eigenvalue weighted by Crippen LogP contribution is -2.24. The Bertz CT molecular complexity index is 876. The van der Waals surface area contributed by atoms with Gasteiger partial charge in [0.05, 0.1) is 6.21 Å². The number of amides is 1. The molecule has 26 heavy (non-hydrogen) atoms. The summed E-state index contributed by atoms with van der Waals surface area (Å²) in [7, 11) is 0. The van der Waals surface area contributed by atoms with Crippen molar-refractivity contribution in [3.8, 4) is 16.9 Å². The SMILES string of the molecule is O=C(COc1ccc(-c2ccccc2)cc1)N/N=C\c1ccc(F)cc1. The minimum Gasteiger partial charge on any atom is -0.484 e. The van der Waals surface area contributed by atoms with E-state index in [0.29, 0.717) is 11.3 Å². The summed E-state index contributed by atoms with van der Waals surface area (Å²) in [4.78, 5) is 11.7. The summed E-state index contributed by atoms with van der Waals surface area (Å²) < 4.78 is 18.2. The van der Waals surface area contributed by atoms with E-state index in [0.717, 1.165) is 11.1 Å². The fraction of sp³-hybridized carbons (Fsp3) is 0.0476. The molecule has 0 atom stereocenters. The van der Waals surface area contributed by atoms with Gasteiger partial charge in [0.15, 0.2) is 6.61 Å². The number of benzene rings is 3. The third-order valence-corrected chi connectivity index (χ3v) is 3.60. The molecule has 0 aliphatic carbocycles. The van der Waals surface area contributed by atoms with Gasteiger partial charge in [-0.3, -0.25) is 4.79 Å². The van der Waals surface area contributed by atoms with Crippen LogP contribution in [0.5, 0.6) is 5.75 Å². The fourth-order valence-electron chi connectivity index (χ4n) is 2.28. The maximum Gasteiger partial charge on any atom is 0.277 e. The second-order valence-electron chi connectivity index (χ2n) is 5.52. The summed E-state index contributed by atoms with van der Waals surface area (Å²) >= 11 is 0. The Balaban J connectivity index is 1.47. The van der Waals surface area contributed by atoms with E-state index < -0.39 is 0 Å². The molecule has 3 aromatic rings. The van der Waals surface area contributed by atoms with Gasteiger partial charge in [-0.05, 0) is 41.0 Å². The predicted octanol–water partition coefficient (Wildman–Crippen LogP) is 4.02. The van der Waals surface area contributed by atoms with Crippen LogP contribution < -0.4 is 10.2 Å². The van der Waals surface area contributed by atoms with E-state index in [-0.39, 0.29) is 18.3 Å². The second-order valence-corrected chi connectivity index (χ2v) is 5.52. The molecule has 0 saturated carbocycles. The van der Waals surface area contributed by atoms with Crippen molar-refractivity contribution >= 4 is 12.1 Å². The van der Waals surface area contributed by atoms with Crippen molar-refractivity contribution in [2.75, 3.05) is 6.61 Å². The minimum atomic E-state index is -0.379. The first-order chi connectivity index (χ1) is 12.7. The fourth-order valence-corrected chi connectivity index (χ4v) is 2.28. The van der Waals surface area contributed by atoms with Crippen LogP contribution in [0.4, 0.5) is 4.39 Å². The molecule has 0 fully saturated rings. The van der Waals surface area contributed by atoms with E-state index in [1.54, 1.807) is 12.1 Å². The molecular weight excluding hydrogens is 331 g/mol. The van der Waals surface area contributed by atoms with Crippen LogP contribution in [0, 0.1) is 5.82 Å². The number of ether oxygens (including phenoxy) is 1. The summed E-state index contributed by atoms with van der Waals surface area (Å²) in [5.74, 6) is -0.101. The van der Waals surface area contributed by atoms with Crippen LogP contribution in [-0.4, -0.2) is 18.7 Å². The molecule has 3 aromatic carbocycles. The summed E-state index contributed by atoms with van der Waals surface area (Å²) in [5.41, 5.74) is 5.24. The van der Waals surface area contributed by atoms with Crippen LogP contribution in [0.3, 0.4) is 0 Å². The molecule has 0 bridgehead atoms. The number of nitrogens with zero attached hydrogens (tertiary/aromatic N) is 1. The van der Waals surface area contributed by atoms with E-state index >= 15 is 0 Å². The Kier molecular flexibility index (Phi) is 5.72. The Hall–Kier alpha value is -3.47. The highest BCUT2D eigenvalue weighted by Crippen LogP contribution is 2.21. The van der Waals surface area contributed by atoms with Gasteiger partial charge in [0.25, 0.3) is 5.91 Å². The molecule has 1 N–H and O–H groups in total. The monoisotopic (exact) mass is 348 g/mol. The summed E-state index contributed by atoms with van der Waals surface area (Å²) in [6.07, 6.45) is 1.44. The van der Waals surface area contributed by atoms with Crippen molar-refractivity contribution in [2.24, 2.45) is 5.10 Å². The summed E-state index contributed by atoms with van der Waals surface area (Å²) in [6, 6.07) is 23.3. The number of carbonyl (C=O) groups excluding carboxylic acids is 1. The standard InChI is InChI=1S/C21H17FN2O2/c22-19-10-6-16(7-11-19)14-23-24-21(25)15-26-20-12-8-18(9-13-20)17-4-2-1-3-5-17/h1-14H,15H2,(H,24,25)/b23-14-. The van der Waals surface area contributed by atoms with E-state index in [2.05, 4.69) is 10.5 Å². The molecule has 1 amide bonds. The quantitative estimate of drug-likeness (QED) is 0.540. The van der Waals surface area contributed by atoms with Gasteiger partial charge in [0.2, 0.25) is 0 Å². The number of hydrogen-bond donors (Lipinski definition) is 1. The van der Waals surface area contributed by atoms with Crippen LogP contribution in [0.25, 0.3) is 11.1 Å². The highest BCUT2D eigenvalue weighted by Gasteiger charge is 2.02. The van der Waals surface area contributed by atoms with Gasteiger partial charge in [0.1, 0.15) is 11.6 Å². The van der Waals surface area contributed by atoms with Crippen molar-refractivity contribution in [1.82, 2.24) is 5.43 Å². The van der Waals surface area contributed by atoms with Crippen LogP contribution in [0.2, 0.25) is 0 Å². The first-order valence-electron chi connectivity index (χ1n) is 8.06. The zero-order valence-corrected chi connectivity index (χ0v) is 13.9. The lowest BCUT2D eigenvalue weighted by atomic mass is 10.1. The van der Waals surface area contributed by atoms with E-state index in [1.807, 2.05) is 54.6 Å². The minimum absolute atomic E-state index is 0.147. The van der Waals surface area contributed by atoms with Gasteiger partial charge >= 0.3 is 0 Å². The molecule has 3 rings (SSSR count). The van der Waals surface area contributed by atoms with E-state index in [4.69, 9.17) is 4.74 Å². The molecule has 130 valence electrons. The number of nitrogens with one attached hydrogen (secondary N) is 1. The maximum atomic E-state index is 12.8. The largest absolute Gasteiger partial charge is 0.484 e. The molecule has 0 saturated heterocycles. The molecular formula is C21H17FN2O2. The van der Waals surface area contributed by atoms with E-state index in [1.165, 1.54) is 18.3 Å². The number of halogens is 1. The molecule has 4 nitrogen and oxygen atoms in total. The van der Waals surface area contributed by atoms with Gasteiger partial charge in [-0.15, -0.1) is 0 Å². The molecule has 0 aliphatic rings. The van der Waals surface area contributed by atoms with Crippen LogP contribution in [0.15, 0.2) is 84.0 Å². The van der Waals surface area contributed by atoms with Crippen molar-refractivity contribution in [3.63, 3.8) is 0 Å². The van der Waals surface area contributed by atoms with Crippen LogP contribution in [0.1, 0.15) is 5.56 Å². The highest BCUT2D eigenvalue weighted by molar-refractivity contribution is 5.82. The molecule has 0 heterocycles. The molecule has 0 aromatic heterocycles. The van der Waals surface area contributed by atoms with Gasteiger partial charge in [-0.1, -0.05) is 54.6 Å². The van der Waals surface area contributed by atoms with Gasteiger partial charge in [-0.2, -0.15) is 5.10 Å². The number of carbonyl (C=O) groups is 1. The predicted molar refractivity (Wildman–Crippen MR) is 99.5 cm³/mol. The highest BCUT2D eigenvalue weighted by atomic mass is 19.1. The van der Waals surface area contributed by atoms with Crippen LogP contribution >= 0.6 is 0 Å². The lowest BCUT2D eigenvalue weighted by Gasteiger charge is -2.06. The van der Waals surface area contributed by atoms with Crippen molar-refractivity contribution in [1.29, 1.82) is 0 Å². The molecule has 0 unspecified atom stereocenters. The molecule has 0 spiro atoms. The van der Waals surface area contributed by atoms with Crippen molar-refractivity contribution < 1.29 is 13.9 Å². The van der Waals surface area contributed by atoms with Crippen LogP contribution in [-0.2, 0) is 4.79 Å². The van der Waals surface area contributed by atoms with Gasteiger partial charge in [0, 0.05) is 0 Å². The Morgan fingerprint density at radius 2 is 1.58 bits per heavy atom. The Morgan fingerprint density at radius 1 is 0.923 bits per heavy atom. The van der Waals surface area contributed by atoms with Gasteiger partial charge in [-0.25, -0.2) is 9.82 Å². The van der Waals surface area contributed by atoms with E-state index in [9.17, 15) is 9.18 Å². The molecule has 0 aliphatic heterocycles. The smallest absolute Gasteiger partial charge is 0.277 e. The summed E-state index contributed by atoms with van der Waals surface area (Å²) in [5, 5.41) is 3.81. The zero-order valence-electron chi connectivity index (χ0n) is 13.9. The Morgan fingerprint density at radius 3 is 2.27 bits per heavy atom. The maximum absolute atomic E-state index is 12.8. The summed E-state index contributed by atoms with van der Waals surface area (Å²) in [6.45, 7) is -0.147. The number of hydrazone groups is 1. The average molecular weight is 348 g/mol. The molecule has 0 radical (unpaired) electrons. The number of rotatable bonds is 6. The number of hydrogen-bond acceptors (Lipinski definition) is 3. The van der Waals surface area contributed by atoms with Gasteiger partial charge < -0.3 is 4.74 Å². The lowest BCUT2D eigenvalue weighted by molar-refractivity contribution is -0.123. The zero-order chi connectivity index (χ0) is 18.2. The second kappa shape index (κ2) is 8.58. The third kappa shape index (κ3) is 5.01. The van der Waals surface area contributed by atoms with Crippen molar-refractivity contribution in [2.45, 2.75) is 0 Å². The average Bonchev–Trinajstić information content (AvgIpc) is 2.69. The first kappa shape index (κ1) is 17.4. The third-order valence-electron chi connectivity index (χ3n) is 3.60. The Labute approximate surface area is 150 Å². The topological polar surface area (TPSA) is 50.7 Å².